The zero-order chi connectivity index (χ0) is 23.0. The molecule has 2 atom stereocenters. The number of amides is 2. The minimum atomic E-state index is -4.45. The quantitative estimate of drug-likeness (QED) is 0.434. The summed E-state index contributed by atoms with van der Waals surface area (Å²) in [6.45, 7) is 0. The molecular weight excluding hydrogens is 483 g/mol. The normalized spacial score (nSPS) is 20.4. The second-order valence-corrected chi connectivity index (χ2v) is 10.5. The Morgan fingerprint density at radius 2 is 1.97 bits per heavy atom. The van der Waals surface area contributed by atoms with Crippen LogP contribution in [0.1, 0.15) is 4.88 Å². The molecule has 2 amide bonds. The summed E-state index contributed by atoms with van der Waals surface area (Å²) in [5.41, 5.74) is -0.604. The number of nitrogens with zero attached hydrogens (tertiary/aromatic N) is 1. The van der Waals surface area contributed by atoms with Crippen molar-refractivity contribution in [2.75, 3.05) is 5.75 Å². The van der Waals surface area contributed by atoms with Gasteiger partial charge < -0.3 is 14.6 Å². The number of β-lactam (4-membered cyclic amide) rings is 1. The molecule has 9 nitrogen and oxygen atoms in total. The van der Waals surface area contributed by atoms with E-state index in [1.165, 1.54) is 11.3 Å². The molecule has 0 saturated carbocycles. The van der Waals surface area contributed by atoms with Gasteiger partial charge in [-0.3, -0.25) is 14.5 Å². The first kappa shape index (κ1) is 22.3. The Balaban J connectivity index is 1.52. The zero-order valence-electron chi connectivity index (χ0n) is 16.1. The average Bonchev–Trinajstić information content (AvgIpc) is 3.24. The van der Waals surface area contributed by atoms with E-state index in [1.807, 2.05) is 5.38 Å². The molecule has 3 heterocycles. The minimum absolute atomic E-state index is 0.0880. The molecule has 2 N–H and O–H groups in total. The molecule has 1 fully saturated rings. The Kier molecular flexibility index (Phi) is 5.97. The van der Waals surface area contributed by atoms with Crippen LogP contribution in [0.5, 0.6) is 0 Å². The topological polar surface area (TPSA) is 130 Å². The highest BCUT2D eigenvalue weighted by Crippen LogP contribution is 2.41. The van der Waals surface area contributed by atoms with Crippen molar-refractivity contribution >= 4 is 51.0 Å². The number of thiophene rings is 1. The third-order valence-electron chi connectivity index (χ3n) is 4.68. The lowest BCUT2D eigenvalue weighted by atomic mass is 10.0. The van der Waals surface area contributed by atoms with E-state index in [-0.39, 0.29) is 23.0 Å². The van der Waals surface area contributed by atoms with Gasteiger partial charge in [-0.1, -0.05) is 6.07 Å². The van der Waals surface area contributed by atoms with E-state index in [9.17, 15) is 32.3 Å². The number of carboxylic acids is 1. The van der Waals surface area contributed by atoms with Crippen LogP contribution in [0.15, 0.2) is 58.1 Å². The highest BCUT2D eigenvalue weighted by atomic mass is 32.2. The fourth-order valence-electron chi connectivity index (χ4n) is 3.23. The monoisotopic (exact) mass is 498 g/mol. The molecule has 2 aliphatic heterocycles. The van der Waals surface area contributed by atoms with Crippen molar-refractivity contribution in [2.45, 2.75) is 22.7 Å². The van der Waals surface area contributed by atoms with Crippen LogP contribution in [0, 0.1) is 5.82 Å². The Hall–Kier alpha value is -2.90. The summed E-state index contributed by atoms with van der Waals surface area (Å²) in [7, 11) is -4.45. The number of rotatable bonds is 7. The maximum absolute atomic E-state index is 13.1. The van der Waals surface area contributed by atoms with Crippen LogP contribution in [0.2, 0.25) is 0 Å². The van der Waals surface area contributed by atoms with E-state index in [0.717, 1.165) is 45.8 Å². The summed E-state index contributed by atoms with van der Waals surface area (Å²) in [5.74, 6) is -3.85. The predicted octanol–water partition coefficient (Wildman–Crippen LogP) is 1.53. The molecule has 1 saturated heterocycles. The first-order valence-corrected chi connectivity index (χ1v) is 12.4. The van der Waals surface area contributed by atoms with Gasteiger partial charge in [-0.15, -0.1) is 23.1 Å². The maximum Gasteiger partial charge on any atom is 0.356 e. The van der Waals surface area contributed by atoms with Crippen molar-refractivity contribution in [3.05, 3.63) is 63.9 Å². The molecule has 1 aromatic carbocycles. The van der Waals surface area contributed by atoms with Crippen LogP contribution in [0.3, 0.4) is 0 Å². The van der Waals surface area contributed by atoms with Gasteiger partial charge in [0, 0.05) is 4.88 Å². The van der Waals surface area contributed by atoms with Crippen LogP contribution >= 0.6 is 23.1 Å². The average molecular weight is 499 g/mol. The molecule has 1 unspecified atom stereocenters. The minimum Gasteiger partial charge on any atom is -0.476 e. The molecule has 0 bridgehead atoms. The summed E-state index contributed by atoms with van der Waals surface area (Å²) in [6.07, 6.45) is 0.0880. The third-order valence-corrected chi connectivity index (χ3v) is 8.08. The number of nitrogens with one attached hydrogen (secondary N) is 1. The van der Waals surface area contributed by atoms with Crippen molar-refractivity contribution in [1.29, 1.82) is 0 Å². The van der Waals surface area contributed by atoms with E-state index in [1.54, 1.807) is 12.1 Å². The first-order valence-electron chi connectivity index (χ1n) is 9.10. The van der Waals surface area contributed by atoms with Gasteiger partial charge in [-0.25, -0.2) is 9.18 Å². The fraction of sp³-hybridized carbons (Fsp3) is 0.211. The van der Waals surface area contributed by atoms with Gasteiger partial charge in [0.05, 0.1) is 12.2 Å². The fourth-order valence-corrected chi connectivity index (χ4v) is 6.23. The third kappa shape index (κ3) is 4.23. The molecule has 32 heavy (non-hydrogen) atoms. The molecule has 2 aromatic rings. The number of carboxylic acid groups (broad SMARTS) is 1. The zero-order valence-corrected chi connectivity index (χ0v) is 18.5. The Labute approximate surface area is 190 Å². The highest BCUT2D eigenvalue weighted by molar-refractivity contribution is 8.00. The highest BCUT2D eigenvalue weighted by Gasteiger charge is 2.55. The largest absolute Gasteiger partial charge is 0.476 e. The van der Waals surface area contributed by atoms with E-state index in [0.29, 0.717) is 0 Å². The first-order chi connectivity index (χ1) is 15.2. The molecule has 0 spiro atoms. The van der Waals surface area contributed by atoms with Crippen LogP contribution in [0.25, 0.3) is 0 Å². The molecule has 1 aromatic heterocycles. The number of thioether (sulfide) groups is 1. The van der Waals surface area contributed by atoms with E-state index >= 15 is 0 Å². The Morgan fingerprint density at radius 1 is 1.25 bits per heavy atom. The molecular formula is C19H15FN2O7S3. The SMILES string of the molecule is O=C(Cc1cccs1)NC1C(=O)N2C(C(=O)O)=C(OS(=O)(=O)c3ccc(F)cc3)CS[C@@H]12. The summed E-state index contributed by atoms with van der Waals surface area (Å²) < 4.78 is 43.1. The van der Waals surface area contributed by atoms with Crippen molar-refractivity contribution in [3.8, 4) is 0 Å². The Bertz CT molecular complexity index is 1210. The number of carbonyl (C=O) groups is 3. The van der Waals surface area contributed by atoms with E-state index in [4.69, 9.17) is 4.18 Å². The Morgan fingerprint density at radius 3 is 2.59 bits per heavy atom. The van der Waals surface area contributed by atoms with Crippen molar-refractivity contribution in [1.82, 2.24) is 10.2 Å². The number of benzene rings is 1. The van der Waals surface area contributed by atoms with Gasteiger partial charge in [-0.05, 0) is 35.7 Å². The standard InChI is InChI=1S/C19H15FN2O7S3/c20-10-3-5-12(6-4-10)32(27,28)29-13-9-31-18-15(17(24)22(18)16(13)19(25)26)21-14(23)8-11-2-1-7-30-11/h1-7,15,18H,8-9H2,(H,21,23)(H,25,26)/t15?,18-/m0/s1. The smallest absolute Gasteiger partial charge is 0.356 e. The molecule has 0 aliphatic carbocycles. The molecule has 0 radical (unpaired) electrons. The molecule has 13 heteroatoms. The summed E-state index contributed by atoms with van der Waals surface area (Å²) in [4.78, 5) is 38.1. The second kappa shape index (κ2) is 8.56. The van der Waals surface area contributed by atoms with Gasteiger partial charge in [0.2, 0.25) is 5.91 Å². The number of halogens is 1. The van der Waals surface area contributed by atoms with Crippen LogP contribution in [0.4, 0.5) is 4.39 Å². The molecule has 168 valence electrons. The predicted molar refractivity (Wildman–Crippen MR) is 112 cm³/mol. The van der Waals surface area contributed by atoms with Crippen LogP contribution < -0.4 is 5.32 Å². The maximum atomic E-state index is 13.1. The number of hydrogen-bond donors (Lipinski definition) is 2. The van der Waals surface area contributed by atoms with Crippen LogP contribution in [-0.2, 0) is 35.1 Å². The summed E-state index contributed by atoms with van der Waals surface area (Å²) in [5, 5.41) is 13.3. The molecule has 2 aliphatic rings. The lowest BCUT2D eigenvalue weighted by Crippen LogP contribution is -2.70. The van der Waals surface area contributed by atoms with E-state index in [2.05, 4.69) is 5.32 Å². The van der Waals surface area contributed by atoms with Crippen LogP contribution in [-0.4, -0.2) is 53.4 Å². The number of hydrogen-bond acceptors (Lipinski definition) is 8. The number of aliphatic carboxylic acids is 1. The number of fused-ring (bicyclic) bond motifs is 1. The van der Waals surface area contributed by atoms with Crippen molar-refractivity contribution < 1.29 is 36.5 Å². The van der Waals surface area contributed by atoms with Crippen molar-refractivity contribution in [2.24, 2.45) is 0 Å². The van der Waals surface area contributed by atoms with Gasteiger partial charge in [0.1, 0.15) is 22.1 Å². The second-order valence-electron chi connectivity index (χ2n) is 6.78. The van der Waals surface area contributed by atoms with Gasteiger partial charge in [0.25, 0.3) is 5.91 Å². The summed E-state index contributed by atoms with van der Waals surface area (Å²) >= 11 is 2.46. The lowest BCUT2D eigenvalue weighted by Gasteiger charge is -2.48. The summed E-state index contributed by atoms with van der Waals surface area (Å²) in [6, 6.07) is 6.47. The van der Waals surface area contributed by atoms with Gasteiger partial charge in [0.15, 0.2) is 11.5 Å². The van der Waals surface area contributed by atoms with Gasteiger partial charge in [-0.2, -0.15) is 8.42 Å². The lowest BCUT2D eigenvalue weighted by molar-refractivity contribution is -0.151. The van der Waals surface area contributed by atoms with Gasteiger partial charge >= 0.3 is 16.1 Å². The number of carbonyl (C=O) groups excluding carboxylic acids is 2. The van der Waals surface area contributed by atoms with E-state index < -0.39 is 50.7 Å². The molecule has 4 rings (SSSR count). The van der Waals surface area contributed by atoms with Crippen molar-refractivity contribution in [3.63, 3.8) is 0 Å².